The fraction of sp³-hybridized carbons (Fsp3) is 0.0909. The second-order valence-corrected chi connectivity index (χ2v) is 4.04. The number of hydrogen-bond acceptors (Lipinski definition) is 4. The molecule has 1 aromatic carbocycles. The molecule has 2 rings (SSSR count). The van der Waals surface area contributed by atoms with Gasteiger partial charge in [-0.1, -0.05) is 17.7 Å². The molecule has 0 amide bonds. The third-order valence-electron chi connectivity index (χ3n) is 2.28. The van der Waals surface area contributed by atoms with E-state index in [1.807, 2.05) is 0 Å². The van der Waals surface area contributed by atoms with Crippen molar-refractivity contribution in [3.63, 3.8) is 0 Å². The van der Waals surface area contributed by atoms with Gasteiger partial charge in [0, 0.05) is 22.8 Å². The Morgan fingerprint density at radius 3 is 3.00 bits per heavy atom. The van der Waals surface area contributed by atoms with Crippen LogP contribution in [0.4, 0.5) is 10.5 Å². The number of benzene rings is 1. The molecule has 18 heavy (non-hydrogen) atoms. The second kappa shape index (κ2) is 4.97. The van der Waals surface area contributed by atoms with Crippen LogP contribution in [0.15, 0.2) is 24.4 Å². The Balaban J connectivity index is 2.13. The number of rotatable bonds is 3. The summed E-state index contributed by atoms with van der Waals surface area (Å²) in [5.74, 6) is 0. The van der Waals surface area contributed by atoms with E-state index in [-0.39, 0.29) is 6.01 Å². The number of hydrogen-bond donors (Lipinski definition) is 3. The minimum absolute atomic E-state index is 0.0648. The van der Waals surface area contributed by atoms with Gasteiger partial charge < -0.3 is 20.6 Å². The van der Waals surface area contributed by atoms with Crippen molar-refractivity contribution in [3.8, 4) is 6.01 Å². The van der Waals surface area contributed by atoms with Crippen LogP contribution in [0.2, 0.25) is 5.02 Å². The Kier molecular flexibility index (Phi) is 3.38. The van der Waals surface area contributed by atoms with Crippen molar-refractivity contribution in [1.29, 1.82) is 0 Å². The van der Waals surface area contributed by atoms with E-state index in [4.69, 9.17) is 22.4 Å². The molecule has 6 nitrogen and oxygen atoms in total. The summed E-state index contributed by atoms with van der Waals surface area (Å²) in [7, 11) is 0. The van der Waals surface area contributed by atoms with E-state index < -0.39 is 6.16 Å². The van der Waals surface area contributed by atoms with Crippen molar-refractivity contribution in [1.82, 2.24) is 9.97 Å². The van der Waals surface area contributed by atoms with E-state index in [0.29, 0.717) is 22.8 Å². The van der Waals surface area contributed by atoms with Crippen LogP contribution in [-0.4, -0.2) is 21.2 Å². The zero-order valence-corrected chi connectivity index (χ0v) is 9.94. The maximum atomic E-state index is 10.3. The monoisotopic (exact) mass is 267 g/mol. The average molecular weight is 268 g/mol. The quantitative estimate of drug-likeness (QED) is 0.585. The molecule has 0 saturated carbocycles. The summed E-state index contributed by atoms with van der Waals surface area (Å²) in [6.07, 6.45) is 0.563. The van der Waals surface area contributed by atoms with Gasteiger partial charge in [0.1, 0.15) is 0 Å². The summed E-state index contributed by atoms with van der Waals surface area (Å²) >= 11 is 5.80. The molecular weight excluding hydrogens is 258 g/mol. The zero-order valence-electron chi connectivity index (χ0n) is 9.18. The Bertz CT molecular complexity index is 583. The number of aromatic nitrogens is 2. The molecule has 0 radical (unpaired) electrons. The number of aromatic amines is 1. The van der Waals surface area contributed by atoms with Gasteiger partial charge in [0.05, 0.1) is 6.20 Å². The minimum Gasteiger partial charge on any atom is -0.449 e. The highest BCUT2D eigenvalue weighted by Crippen LogP contribution is 2.20. The number of carbonyl (C=O) groups is 1. The smallest absolute Gasteiger partial charge is 0.449 e. The van der Waals surface area contributed by atoms with Gasteiger partial charge in [0.15, 0.2) is 0 Å². The standard InChI is InChI=1S/C11H10ClN3O3/c12-7-2-1-6(9(13)4-7)3-8-5-14-10(15-8)18-11(16)17/h1-2,4-5H,3,13H2,(H,14,15)(H,16,17). The van der Waals surface area contributed by atoms with Gasteiger partial charge in [-0.3, -0.25) is 0 Å². The van der Waals surface area contributed by atoms with Gasteiger partial charge >= 0.3 is 12.2 Å². The molecule has 0 aliphatic carbocycles. The van der Waals surface area contributed by atoms with E-state index in [1.165, 1.54) is 6.20 Å². The van der Waals surface area contributed by atoms with Crippen molar-refractivity contribution >= 4 is 23.4 Å². The maximum Gasteiger partial charge on any atom is 0.513 e. The number of anilines is 1. The topological polar surface area (TPSA) is 101 Å². The Morgan fingerprint density at radius 2 is 2.33 bits per heavy atom. The molecular formula is C11H10ClN3O3. The van der Waals surface area contributed by atoms with Crippen molar-refractivity contribution in [2.45, 2.75) is 6.42 Å². The number of nitrogens with two attached hydrogens (primary N) is 1. The second-order valence-electron chi connectivity index (χ2n) is 3.60. The number of nitrogens with one attached hydrogen (secondary N) is 1. The van der Waals surface area contributed by atoms with Crippen LogP contribution in [-0.2, 0) is 6.42 Å². The summed E-state index contributed by atoms with van der Waals surface area (Å²) in [6.45, 7) is 0. The molecule has 0 unspecified atom stereocenters. The van der Waals surface area contributed by atoms with E-state index in [2.05, 4.69) is 14.7 Å². The number of nitrogen functional groups attached to an aromatic ring is 1. The van der Waals surface area contributed by atoms with Crippen molar-refractivity contribution in [3.05, 3.63) is 40.7 Å². The Hall–Kier alpha value is -2.21. The Morgan fingerprint density at radius 1 is 1.56 bits per heavy atom. The fourth-order valence-electron chi connectivity index (χ4n) is 1.49. The molecule has 0 fully saturated rings. The molecule has 0 aliphatic heterocycles. The summed E-state index contributed by atoms with van der Waals surface area (Å²) in [5, 5.41) is 8.99. The van der Waals surface area contributed by atoms with Gasteiger partial charge in [0.2, 0.25) is 0 Å². The largest absolute Gasteiger partial charge is 0.513 e. The highest BCUT2D eigenvalue weighted by Gasteiger charge is 2.08. The summed E-state index contributed by atoms with van der Waals surface area (Å²) in [6, 6.07) is 5.13. The molecule has 0 spiro atoms. The molecule has 0 atom stereocenters. The predicted octanol–water partition coefficient (Wildman–Crippen LogP) is 2.29. The molecule has 7 heteroatoms. The minimum atomic E-state index is -1.41. The number of ether oxygens (including phenoxy) is 1. The molecule has 2 aromatic rings. The van der Waals surface area contributed by atoms with Crippen LogP contribution < -0.4 is 10.5 Å². The lowest BCUT2D eigenvalue weighted by Gasteiger charge is -2.04. The predicted molar refractivity (Wildman–Crippen MR) is 65.9 cm³/mol. The average Bonchev–Trinajstić information content (AvgIpc) is 2.69. The van der Waals surface area contributed by atoms with Gasteiger partial charge in [0.25, 0.3) is 0 Å². The zero-order chi connectivity index (χ0) is 13.1. The van der Waals surface area contributed by atoms with Crippen LogP contribution in [0.1, 0.15) is 11.3 Å². The highest BCUT2D eigenvalue weighted by atomic mass is 35.5. The SMILES string of the molecule is Nc1cc(Cl)ccc1Cc1cnc(OC(=O)O)[nH]1. The lowest BCUT2D eigenvalue weighted by molar-refractivity contribution is 0.141. The summed E-state index contributed by atoms with van der Waals surface area (Å²) < 4.78 is 4.38. The normalized spacial score (nSPS) is 10.3. The number of carboxylic acid groups (broad SMARTS) is 1. The van der Waals surface area contributed by atoms with Crippen molar-refractivity contribution < 1.29 is 14.6 Å². The highest BCUT2D eigenvalue weighted by molar-refractivity contribution is 6.30. The third kappa shape index (κ3) is 2.92. The first-order valence-electron chi connectivity index (χ1n) is 5.03. The molecule has 4 N–H and O–H groups in total. The van der Waals surface area contributed by atoms with Crippen LogP contribution in [0, 0.1) is 0 Å². The van der Waals surface area contributed by atoms with Crippen molar-refractivity contribution in [2.75, 3.05) is 5.73 Å². The number of nitrogens with zero attached hydrogens (tertiary/aromatic N) is 1. The van der Waals surface area contributed by atoms with Gasteiger partial charge in [-0.15, -0.1) is 0 Å². The van der Waals surface area contributed by atoms with E-state index in [1.54, 1.807) is 18.2 Å². The van der Waals surface area contributed by atoms with E-state index in [9.17, 15) is 4.79 Å². The molecule has 0 aliphatic rings. The summed E-state index contributed by atoms with van der Waals surface area (Å²) in [4.78, 5) is 16.8. The molecule has 0 saturated heterocycles. The van der Waals surface area contributed by atoms with Crippen LogP contribution in [0.3, 0.4) is 0 Å². The number of imidazole rings is 1. The summed E-state index contributed by atoms with van der Waals surface area (Å²) in [5.41, 5.74) is 7.94. The molecule has 94 valence electrons. The fourth-order valence-corrected chi connectivity index (χ4v) is 1.68. The lowest BCUT2D eigenvalue weighted by Crippen LogP contribution is -2.04. The van der Waals surface area contributed by atoms with Crippen LogP contribution in [0.5, 0.6) is 6.01 Å². The first-order valence-corrected chi connectivity index (χ1v) is 5.41. The molecule has 1 aromatic heterocycles. The first kappa shape index (κ1) is 12.3. The Labute approximate surface area is 107 Å². The van der Waals surface area contributed by atoms with Gasteiger partial charge in [-0.05, 0) is 17.7 Å². The van der Waals surface area contributed by atoms with Crippen molar-refractivity contribution in [2.24, 2.45) is 0 Å². The molecule has 1 heterocycles. The lowest BCUT2D eigenvalue weighted by atomic mass is 10.1. The van der Waals surface area contributed by atoms with Gasteiger partial charge in [-0.2, -0.15) is 0 Å². The number of H-pyrrole nitrogens is 1. The third-order valence-corrected chi connectivity index (χ3v) is 2.51. The van der Waals surface area contributed by atoms with Gasteiger partial charge in [-0.25, -0.2) is 9.78 Å². The van der Waals surface area contributed by atoms with Crippen LogP contribution >= 0.6 is 11.6 Å². The molecule has 0 bridgehead atoms. The van der Waals surface area contributed by atoms with E-state index in [0.717, 1.165) is 5.56 Å². The van der Waals surface area contributed by atoms with E-state index >= 15 is 0 Å². The first-order chi connectivity index (χ1) is 8.54. The maximum absolute atomic E-state index is 10.3. The number of halogens is 1. The van der Waals surface area contributed by atoms with Crippen LogP contribution in [0.25, 0.3) is 0 Å².